The molecule has 5 nitrogen and oxygen atoms in total. The van der Waals surface area contributed by atoms with Gasteiger partial charge in [-0.05, 0) is 37.8 Å². The lowest BCUT2D eigenvalue weighted by Crippen LogP contribution is -2.62. The summed E-state index contributed by atoms with van der Waals surface area (Å²) in [6, 6.07) is 3.90. The van der Waals surface area contributed by atoms with Crippen molar-refractivity contribution in [2.45, 2.75) is 51.2 Å². The number of aromatic nitrogens is 1. The molecular weight excluding hydrogens is 292 g/mol. The number of carbonyl (C=O) groups excluding carboxylic acids is 1. The van der Waals surface area contributed by atoms with Crippen molar-refractivity contribution in [2.75, 3.05) is 19.7 Å². The van der Waals surface area contributed by atoms with Crippen LogP contribution in [0.3, 0.4) is 0 Å². The van der Waals surface area contributed by atoms with Crippen molar-refractivity contribution in [1.82, 2.24) is 9.88 Å². The van der Waals surface area contributed by atoms with Gasteiger partial charge >= 0.3 is 0 Å². The maximum atomic E-state index is 12.4. The maximum Gasteiger partial charge on any atom is 0.222 e. The molecule has 1 spiro atoms. The quantitative estimate of drug-likeness (QED) is 0.899. The molecule has 2 heterocycles. The molecule has 1 aromatic rings. The number of carbonyl (C=O) groups is 1. The first-order valence-electron chi connectivity index (χ1n) is 8.62. The summed E-state index contributed by atoms with van der Waals surface area (Å²) in [6.07, 6.45) is 7.14. The molecule has 1 saturated heterocycles. The second-order valence-corrected chi connectivity index (χ2v) is 6.67. The number of nitrogens with zero attached hydrogens (tertiary/aromatic N) is 2. The molecule has 1 saturated carbocycles. The van der Waals surface area contributed by atoms with Crippen LogP contribution >= 0.6 is 0 Å². The number of ether oxygens (including phenoxy) is 1. The lowest BCUT2D eigenvalue weighted by molar-refractivity contribution is -0.210. The highest BCUT2D eigenvalue weighted by Gasteiger charge is 2.56. The molecule has 0 aromatic carbocycles. The zero-order valence-corrected chi connectivity index (χ0v) is 13.8. The lowest BCUT2D eigenvalue weighted by atomic mass is 9.58. The van der Waals surface area contributed by atoms with Crippen LogP contribution in [-0.4, -0.2) is 52.8 Å². The van der Waals surface area contributed by atoms with Gasteiger partial charge < -0.3 is 14.7 Å². The van der Waals surface area contributed by atoms with E-state index in [1.165, 1.54) is 0 Å². The van der Waals surface area contributed by atoms with Crippen LogP contribution in [0.1, 0.15) is 38.2 Å². The van der Waals surface area contributed by atoms with Crippen LogP contribution in [-0.2, 0) is 16.0 Å². The van der Waals surface area contributed by atoms with Crippen molar-refractivity contribution in [1.29, 1.82) is 0 Å². The average molecular weight is 318 g/mol. The Labute approximate surface area is 137 Å². The van der Waals surface area contributed by atoms with Crippen molar-refractivity contribution < 1.29 is 14.6 Å². The van der Waals surface area contributed by atoms with E-state index in [1.54, 1.807) is 6.20 Å². The number of aliphatic hydroxyl groups is 1. The number of hydrogen-bond donors (Lipinski definition) is 1. The predicted octanol–water partition coefficient (Wildman–Crippen LogP) is 1.79. The summed E-state index contributed by atoms with van der Waals surface area (Å²) >= 11 is 0. The molecule has 5 heteroatoms. The van der Waals surface area contributed by atoms with E-state index < -0.39 is 0 Å². The fourth-order valence-corrected chi connectivity index (χ4v) is 3.94. The largest absolute Gasteiger partial charge is 0.392 e. The number of hydrogen-bond acceptors (Lipinski definition) is 4. The highest BCUT2D eigenvalue weighted by molar-refractivity contribution is 5.76. The molecule has 126 valence electrons. The summed E-state index contributed by atoms with van der Waals surface area (Å²) in [5.41, 5.74) is 0.982. The Morgan fingerprint density at radius 1 is 1.48 bits per heavy atom. The molecule has 1 aliphatic carbocycles. The third-order valence-corrected chi connectivity index (χ3v) is 5.51. The van der Waals surface area contributed by atoms with E-state index in [4.69, 9.17) is 4.74 Å². The summed E-state index contributed by atoms with van der Waals surface area (Å²) < 4.78 is 5.77. The van der Waals surface area contributed by atoms with Crippen molar-refractivity contribution in [3.8, 4) is 0 Å². The van der Waals surface area contributed by atoms with E-state index in [0.717, 1.165) is 44.3 Å². The molecule has 2 fully saturated rings. The lowest BCUT2D eigenvalue weighted by Gasteiger charge is -2.56. The van der Waals surface area contributed by atoms with Crippen LogP contribution in [0, 0.1) is 5.41 Å². The predicted molar refractivity (Wildman–Crippen MR) is 86.8 cm³/mol. The van der Waals surface area contributed by atoms with Crippen LogP contribution in [0.25, 0.3) is 0 Å². The van der Waals surface area contributed by atoms with E-state index in [2.05, 4.69) is 4.98 Å². The minimum absolute atomic E-state index is 0.115. The molecule has 1 N–H and O–H groups in total. The van der Waals surface area contributed by atoms with E-state index in [1.807, 2.05) is 30.2 Å². The normalized spacial score (nSPS) is 26.1. The summed E-state index contributed by atoms with van der Waals surface area (Å²) in [6.45, 7) is 4.14. The topological polar surface area (TPSA) is 62.7 Å². The SMILES string of the molecule is CCOC1CC(O)C12CCN(C(=O)CCc1cccnc1)CC2. The highest BCUT2D eigenvalue weighted by atomic mass is 16.5. The molecule has 0 bridgehead atoms. The fourth-order valence-electron chi connectivity index (χ4n) is 3.94. The second kappa shape index (κ2) is 6.97. The number of amides is 1. The van der Waals surface area contributed by atoms with Gasteiger partial charge in [0.25, 0.3) is 0 Å². The molecule has 2 aliphatic rings. The molecular formula is C18H26N2O3. The van der Waals surface area contributed by atoms with Crippen LogP contribution in [0.5, 0.6) is 0 Å². The summed E-state index contributed by atoms with van der Waals surface area (Å²) in [5, 5.41) is 10.2. The standard InChI is InChI=1S/C18H26N2O3/c1-2-23-16-12-15(21)18(16)7-10-20(11-8-18)17(22)6-5-14-4-3-9-19-13-14/h3-4,9,13,15-16,21H,2,5-8,10-12H2,1H3. The molecule has 2 unspecified atom stereocenters. The fraction of sp³-hybridized carbons (Fsp3) is 0.667. The summed E-state index contributed by atoms with van der Waals surface area (Å²) in [4.78, 5) is 18.4. The average Bonchev–Trinajstić information content (AvgIpc) is 2.60. The number of aryl methyl sites for hydroxylation is 1. The van der Waals surface area contributed by atoms with Crippen molar-refractivity contribution >= 4 is 5.91 Å². The molecule has 2 atom stereocenters. The molecule has 0 radical (unpaired) electrons. The van der Waals surface area contributed by atoms with Crippen molar-refractivity contribution in [3.05, 3.63) is 30.1 Å². The highest BCUT2D eigenvalue weighted by Crippen LogP contribution is 2.50. The molecule has 1 aliphatic heterocycles. The zero-order chi connectivity index (χ0) is 16.3. The molecule has 3 rings (SSSR count). The van der Waals surface area contributed by atoms with Crippen LogP contribution in [0.4, 0.5) is 0 Å². The molecule has 1 aromatic heterocycles. The van der Waals surface area contributed by atoms with Crippen LogP contribution < -0.4 is 0 Å². The van der Waals surface area contributed by atoms with Gasteiger partial charge in [0, 0.05) is 50.3 Å². The Balaban J connectivity index is 1.49. The minimum atomic E-state index is -0.272. The van der Waals surface area contributed by atoms with E-state index >= 15 is 0 Å². The third-order valence-electron chi connectivity index (χ3n) is 5.51. The van der Waals surface area contributed by atoms with Gasteiger partial charge in [-0.2, -0.15) is 0 Å². The number of aliphatic hydroxyl groups excluding tert-OH is 1. The number of piperidine rings is 1. The zero-order valence-electron chi connectivity index (χ0n) is 13.8. The summed E-state index contributed by atoms with van der Waals surface area (Å²) in [5.74, 6) is 0.200. The van der Waals surface area contributed by atoms with Gasteiger partial charge in [-0.25, -0.2) is 0 Å². The Kier molecular flexibility index (Phi) is 4.97. The summed E-state index contributed by atoms with van der Waals surface area (Å²) in [7, 11) is 0. The van der Waals surface area contributed by atoms with Crippen molar-refractivity contribution in [3.63, 3.8) is 0 Å². The first kappa shape index (κ1) is 16.4. The number of rotatable bonds is 5. The smallest absolute Gasteiger partial charge is 0.222 e. The van der Waals surface area contributed by atoms with Gasteiger partial charge in [0.2, 0.25) is 5.91 Å². The molecule has 1 amide bonds. The molecule has 23 heavy (non-hydrogen) atoms. The minimum Gasteiger partial charge on any atom is -0.392 e. The Bertz CT molecular complexity index is 524. The Hall–Kier alpha value is -1.46. The number of likely N-dealkylation sites (tertiary alicyclic amines) is 1. The van der Waals surface area contributed by atoms with Crippen LogP contribution in [0.15, 0.2) is 24.5 Å². The first-order chi connectivity index (χ1) is 11.2. The van der Waals surface area contributed by atoms with E-state index in [-0.39, 0.29) is 23.5 Å². The van der Waals surface area contributed by atoms with Gasteiger partial charge in [0.15, 0.2) is 0 Å². The van der Waals surface area contributed by atoms with Crippen molar-refractivity contribution in [2.24, 2.45) is 5.41 Å². The Morgan fingerprint density at radius 2 is 2.26 bits per heavy atom. The van der Waals surface area contributed by atoms with Crippen LogP contribution in [0.2, 0.25) is 0 Å². The number of pyridine rings is 1. The monoisotopic (exact) mass is 318 g/mol. The maximum absolute atomic E-state index is 12.4. The van der Waals surface area contributed by atoms with Gasteiger partial charge in [-0.15, -0.1) is 0 Å². The van der Waals surface area contributed by atoms with Gasteiger partial charge in [0.1, 0.15) is 0 Å². The van der Waals surface area contributed by atoms with Gasteiger partial charge in [0.05, 0.1) is 12.2 Å². The second-order valence-electron chi connectivity index (χ2n) is 6.67. The first-order valence-corrected chi connectivity index (χ1v) is 8.62. The van der Waals surface area contributed by atoms with Gasteiger partial charge in [-0.3, -0.25) is 9.78 Å². The third kappa shape index (κ3) is 3.26. The van der Waals surface area contributed by atoms with E-state index in [9.17, 15) is 9.90 Å². The van der Waals surface area contributed by atoms with E-state index in [0.29, 0.717) is 13.0 Å². The Morgan fingerprint density at radius 3 is 2.87 bits per heavy atom. The van der Waals surface area contributed by atoms with Gasteiger partial charge in [-0.1, -0.05) is 6.07 Å².